The quantitative estimate of drug-likeness (QED) is 0.312. The predicted molar refractivity (Wildman–Crippen MR) is 140 cm³/mol. The van der Waals surface area contributed by atoms with E-state index in [4.69, 9.17) is 4.74 Å². The number of fused-ring (bicyclic) bond motifs is 1. The monoisotopic (exact) mass is 482 g/mol. The van der Waals surface area contributed by atoms with Gasteiger partial charge in [-0.15, -0.1) is 0 Å². The average molecular weight is 483 g/mol. The highest BCUT2D eigenvalue weighted by molar-refractivity contribution is 6.46. The minimum absolute atomic E-state index is 0.0659. The molecule has 2 heterocycles. The van der Waals surface area contributed by atoms with Crippen LogP contribution >= 0.6 is 0 Å². The summed E-state index contributed by atoms with van der Waals surface area (Å²) < 4.78 is 5.79. The number of amides is 1. The number of carbonyl (C=O) groups excluding carboxylic acids is 2. The summed E-state index contributed by atoms with van der Waals surface area (Å²) in [5, 5.41) is 11.4. The number of anilines is 1. The number of rotatable bonds is 6. The molecule has 0 radical (unpaired) electrons. The van der Waals surface area contributed by atoms with Crippen LogP contribution in [0.2, 0.25) is 0 Å². The van der Waals surface area contributed by atoms with Crippen LogP contribution in [0.4, 0.5) is 5.69 Å². The Balaban J connectivity index is 1.57. The lowest BCUT2D eigenvalue weighted by atomic mass is 9.94. The van der Waals surface area contributed by atoms with Gasteiger partial charge in [0.15, 0.2) is 0 Å². The molecule has 6 nitrogen and oxygen atoms in total. The lowest BCUT2D eigenvalue weighted by Gasteiger charge is -2.26. The lowest BCUT2D eigenvalue weighted by Crippen LogP contribution is -2.31. The molecule has 36 heavy (non-hydrogen) atoms. The molecule has 0 spiro atoms. The zero-order valence-corrected chi connectivity index (χ0v) is 20.8. The van der Waals surface area contributed by atoms with Crippen molar-refractivity contribution in [1.82, 2.24) is 4.90 Å². The minimum atomic E-state index is -0.673. The van der Waals surface area contributed by atoms with Crippen LogP contribution in [0.1, 0.15) is 35.2 Å². The van der Waals surface area contributed by atoms with E-state index in [9.17, 15) is 14.7 Å². The second-order valence-electron chi connectivity index (χ2n) is 9.67. The zero-order valence-electron chi connectivity index (χ0n) is 20.8. The molecule has 0 bridgehead atoms. The number of aliphatic hydroxyl groups is 1. The third-order valence-corrected chi connectivity index (χ3v) is 6.92. The Kier molecular flexibility index (Phi) is 6.27. The molecule has 5 rings (SSSR count). The van der Waals surface area contributed by atoms with Crippen LogP contribution in [0.3, 0.4) is 0 Å². The number of ketones is 1. The molecular weight excluding hydrogens is 452 g/mol. The molecule has 1 saturated heterocycles. The molecule has 2 atom stereocenters. The Hall–Kier alpha value is -4.06. The molecule has 0 saturated carbocycles. The molecule has 1 N–H and O–H groups in total. The van der Waals surface area contributed by atoms with Crippen molar-refractivity contribution >= 4 is 23.1 Å². The van der Waals surface area contributed by atoms with E-state index < -0.39 is 17.7 Å². The van der Waals surface area contributed by atoms with Crippen LogP contribution in [0.25, 0.3) is 5.76 Å². The number of benzene rings is 3. The maximum atomic E-state index is 13.3. The van der Waals surface area contributed by atoms with Crippen LogP contribution in [0.5, 0.6) is 5.75 Å². The van der Waals surface area contributed by atoms with Gasteiger partial charge in [0, 0.05) is 38.3 Å². The standard InChI is InChI=1S/C30H30N2O4/c1-19-17-23-18-22(11-14-25(23)36-19)28(33)26-27(21-9-12-24(13-10-21)31(2)3)32(30(35)29(26)34)16-15-20-7-5-4-6-8-20/h4-14,18-19,27,33H,15-17H2,1-3H3/b28-26+/t19-,27+/m0/s1. The van der Waals surface area contributed by atoms with E-state index in [1.807, 2.05) is 92.6 Å². The number of hydrogen-bond acceptors (Lipinski definition) is 5. The molecular formula is C30H30N2O4. The predicted octanol–water partition coefficient (Wildman–Crippen LogP) is 4.74. The Morgan fingerprint density at radius 3 is 2.44 bits per heavy atom. The number of nitrogens with zero attached hydrogens (tertiary/aromatic N) is 2. The van der Waals surface area contributed by atoms with Crippen molar-refractivity contribution in [3.63, 3.8) is 0 Å². The topological polar surface area (TPSA) is 70.1 Å². The van der Waals surface area contributed by atoms with E-state index in [0.717, 1.165) is 34.5 Å². The molecule has 0 aliphatic carbocycles. The van der Waals surface area contributed by atoms with Crippen molar-refractivity contribution in [1.29, 1.82) is 0 Å². The van der Waals surface area contributed by atoms with Gasteiger partial charge in [0.1, 0.15) is 17.6 Å². The number of ether oxygens (including phenoxy) is 1. The Morgan fingerprint density at radius 2 is 1.75 bits per heavy atom. The molecule has 1 amide bonds. The van der Waals surface area contributed by atoms with E-state index >= 15 is 0 Å². The van der Waals surface area contributed by atoms with Gasteiger partial charge in [0.2, 0.25) is 0 Å². The number of hydrogen-bond donors (Lipinski definition) is 1. The summed E-state index contributed by atoms with van der Waals surface area (Å²) in [4.78, 5) is 30.2. The van der Waals surface area contributed by atoms with Crippen LogP contribution in [0.15, 0.2) is 78.4 Å². The molecule has 6 heteroatoms. The number of aliphatic hydroxyl groups excluding tert-OH is 1. The number of likely N-dealkylation sites (tertiary alicyclic amines) is 1. The van der Waals surface area contributed by atoms with Crippen molar-refractivity contribution in [2.75, 3.05) is 25.5 Å². The number of carbonyl (C=O) groups is 2. The SMILES string of the molecule is C[C@H]1Cc2cc(/C(O)=C3\C(=O)C(=O)N(CCc4ccccc4)[C@@H]3c3ccc(N(C)C)cc3)ccc2O1. The third-order valence-electron chi connectivity index (χ3n) is 6.92. The largest absolute Gasteiger partial charge is 0.507 e. The first-order chi connectivity index (χ1) is 17.3. The summed E-state index contributed by atoms with van der Waals surface area (Å²) >= 11 is 0. The first-order valence-electron chi connectivity index (χ1n) is 12.2. The van der Waals surface area contributed by atoms with Crippen molar-refractivity contribution in [2.24, 2.45) is 0 Å². The normalized spacial score (nSPS) is 20.4. The summed E-state index contributed by atoms with van der Waals surface area (Å²) in [5.41, 5.74) is 4.49. The third kappa shape index (κ3) is 4.35. The highest BCUT2D eigenvalue weighted by Crippen LogP contribution is 2.41. The van der Waals surface area contributed by atoms with Gasteiger partial charge in [-0.05, 0) is 60.4 Å². The van der Waals surface area contributed by atoms with Gasteiger partial charge in [0.25, 0.3) is 11.7 Å². The fourth-order valence-electron chi connectivity index (χ4n) is 5.03. The van der Waals surface area contributed by atoms with E-state index in [0.29, 0.717) is 18.5 Å². The van der Waals surface area contributed by atoms with Gasteiger partial charge < -0.3 is 19.6 Å². The summed E-state index contributed by atoms with van der Waals surface area (Å²) in [5.74, 6) is -0.613. The average Bonchev–Trinajstić information content (AvgIpc) is 3.38. The number of Topliss-reactive ketones (excluding diaryl/α,β-unsaturated/α-hetero) is 1. The molecule has 2 aliphatic heterocycles. The summed E-state index contributed by atoms with van der Waals surface area (Å²) in [6.45, 7) is 2.36. The highest BCUT2D eigenvalue weighted by Gasteiger charge is 2.46. The molecule has 184 valence electrons. The first kappa shape index (κ1) is 23.7. The maximum absolute atomic E-state index is 13.3. The molecule has 3 aromatic carbocycles. The van der Waals surface area contributed by atoms with Crippen molar-refractivity contribution in [2.45, 2.75) is 31.9 Å². The Labute approximate surface area is 211 Å². The Morgan fingerprint density at radius 1 is 1.03 bits per heavy atom. The van der Waals surface area contributed by atoms with Crippen LogP contribution in [0, 0.1) is 0 Å². The molecule has 0 unspecified atom stereocenters. The van der Waals surface area contributed by atoms with E-state index in [-0.39, 0.29) is 17.4 Å². The maximum Gasteiger partial charge on any atom is 0.295 e. The van der Waals surface area contributed by atoms with Crippen molar-refractivity contribution in [3.05, 3.63) is 101 Å². The zero-order chi connectivity index (χ0) is 25.4. The molecule has 2 aliphatic rings. The first-order valence-corrected chi connectivity index (χ1v) is 12.2. The van der Waals surface area contributed by atoms with Crippen molar-refractivity contribution in [3.8, 4) is 5.75 Å². The summed E-state index contributed by atoms with van der Waals surface area (Å²) in [7, 11) is 3.92. The van der Waals surface area contributed by atoms with Crippen LogP contribution in [-0.2, 0) is 22.4 Å². The second-order valence-corrected chi connectivity index (χ2v) is 9.67. The fraction of sp³-hybridized carbons (Fsp3) is 0.267. The van der Waals surface area contributed by atoms with Gasteiger partial charge in [-0.2, -0.15) is 0 Å². The second kappa shape index (κ2) is 9.53. The smallest absolute Gasteiger partial charge is 0.295 e. The highest BCUT2D eigenvalue weighted by atomic mass is 16.5. The summed E-state index contributed by atoms with van der Waals surface area (Å²) in [6.07, 6.45) is 1.40. The van der Waals surface area contributed by atoms with Gasteiger partial charge >= 0.3 is 0 Å². The fourth-order valence-corrected chi connectivity index (χ4v) is 5.03. The van der Waals surface area contributed by atoms with Gasteiger partial charge in [-0.3, -0.25) is 9.59 Å². The van der Waals surface area contributed by atoms with Gasteiger partial charge in [-0.1, -0.05) is 42.5 Å². The lowest BCUT2D eigenvalue weighted by molar-refractivity contribution is -0.139. The van der Waals surface area contributed by atoms with E-state index in [1.165, 1.54) is 0 Å². The van der Waals surface area contributed by atoms with E-state index in [1.54, 1.807) is 11.0 Å². The van der Waals surface area contributed by atoms with E-state index in [2.05, 4.69) is 0 Å². The van der Waals surface area contributed by atoms with Gasteiger partial charge in [0.05, 0.1) is 11.6 Å². The summed E-state index contributed by atoms with van der Waals surface area (Å²) in [6, 6.07) is 22.4. The Bertz CT molecular complexity index is 1330. The van der Waals surface area contributed by atoms with Crippen LogP contribution < -0.4 is 9.64 Å². The van der Waals surface area contributed by atoms with Gasteiger partial charge in [-0.25, -0.2) is 0 Å². The molecule has 1 fully saturated rings. The van der Waals surface area contributed by atoms with Crippen LogP contribution in [-0.4, -0.2) is 48.4 Å². The molecule has 0 aromatic heterocycles. The van der Waals surface area contributed by atoms with Crippen molar-refractivity contribution < 1.29 is 19.4 Å². The molecule has 3 aromatic rings. The minimum Gasteiger partial charge on any atom is -0.507 e.